The SMILES string of the molecule is CN1CCCN(C)C(c2noc(CCCC(=O)O)n2)C1. The van der Waals surface area contributed by atoms with Crippen LogP contribution in [0.15, 0.2) is 4.52 Å². The molecule has 1 saturated heterocycles. The number of hydrogen-bond donors (Lipinski definition) is 1. The van der Waals surface area contributed by atoms with Crippen molar-refractivity contribution in [2.24, 2.45) is 0 Å². The Bertz CT molecular complexity index is 449. The molecule has 0 radical (unpaired) electrons. The molecule has 0 amide bonds. The highest BCUT2D eigenvalue weighted by Gasteiger charge is 2.26. The number of carboxylic acid groups (broad SMARTS) is 1. The molecule has 1 aromatic rings. The van der Waals surface area contributed by atoms with Crippen molar-refractivity contribution in [2.75, 3.05) is 33.7 Å². The number of aliphatic carboxylic acids is 1. The van der Waals surface area contributed by atoms with Gasteiger partial charge < -0.3 is 14.5 Å². The fourth-order valence-corrected chi connectivity index (χ4v) is 2.45. The molecule has 2 heterocycles. The standard InChI is InChI=1S/C13H22N4O3/c1-16-7-4-8-17(2)10(9-16)13-14-11(20-15-13)5-3-6-12(18)19/h10H,3-9H2,1-2H3,(H,18,19). The van der Waals surface area contributed by atoms with Gasteiger partial charge in [0, 0.05) is 19.4 Å². The molecular weight excluding hydrogens is 260 g/mol. The minimum Gasteiger partial charge on any atom is -0.481 e. The molecule has 2 rings (SSSR count). The summed E-state index contributed by atoms with van der Waals surface area (Å²) in [6, 6.07) is 0.138. The smallest absolute Gasteiger partial charge is 0.303 e. The molecule has 0 saturated carbocycles. The van der Waals surface area contributed by atoms with Crippen LogP contribution in [0.2, 0.25) is 0 Å². The zero-order valence-corrected chi connectivity index (χ0v) is 12.1. The number of nitrogens with zero attached hydrogens (tertiary/aromatic N) is 4. The van der Waals surface area contributed by atoms with Crippen LogP contribution in [-0.2, 0) is 11.2 Å². The van der Waals surface area contributed by atoms with E-state index in [0.29, 0.717) is 24.6 Å². The summed E-state index contributed by atoms with van der Waals surface area (Å²) in [4.78, 5) is 19.4. The van der Waals surface area contributed by atoms with Gasteiger partial charge in [-0.1, -0.05) is 5.16 Å². The van der Waals surface area contributed by atoms with Gasteiger partial charge in [-0.05, 0) is 40.0 Å². The first-order valence-electron chi connectivity index (χ1n) is 6.99. The fraction of sp³-hybridized carbons (Fsp3) is 0.769. The first-order valence-corrected chi connectivity index (χ1v) is 6.99. The van der Waals surface area contributed by atoms with Crippen molar-refractivity contribution in [3.63, 3.8) is 0 Å². The van der Waals surface area contributed by atoms with E-state index in [0.717, 1.165) is 26.1 Å². The second kappa shape index (κ2) is 6.81. The molecule has 0 bridgehead atoms. The molecule has 112 valence electrons. The van der Waals surface area contributed by atoms with E-state index in [9.17, 15) is 4.79 Å². The minimum absolute atomic E-state index is 0.129. The summed E-state index contributed by atoms with van der Waals surface area (Å²) in [6.07, 6.45) is 2.31. The van der Waals surface area contributed by atoms with Gasteiger partial charge in [-0.2, -0.15) is 4.98 Å². The molecule has 7 heteroatoms. The normalized spacial score (nSPS) is 21.8. The van der Waals surface area contributed by atoms with Gasteiger partial charge in [0.05, 0.1) is 6.04 Å². The molecule has 1 N–H and O–H groups in total. The summed E-state index contributed by atoms with van der Waals surface area (Å²) in [6.45, 7) is 2.96. The van der Waals surface area contributed by atoms with Crippen LogP contribution in [0.4, 0.5) is 0 Å². The van der Waals surface area contributed by atoms with Crippen molar-refractivity contribution in [3.05, 3.63) is 11.7 Å². The van der Waals surface area contributed by atoms with Crippen LogP contribution in [0.25, 0.3) is 0 Å². The van der Waals surface area contributed by atoms with Crippen LogP contribution >= 0.6 is 0 Å². The highest BCUT2D eigenvalue weighted by molar-refractivity contribution is 5.66. The summed E-state index contributed by atoms with van der Waals surface area (Å²) in [5.74, 6) is 0.433. The number of hydrogen-bond acceptors (Lipinski definition) is 6. The van der Waals surface area contributed by atoms with Crippen molar-refractivity contribution >= 4 is 5.97 Å². The van der Waals surface area contributed by atoms with Gasteiger partial charge in [-0.25, -0.2) is 0 Å². The predicted molar refractivity (Wildman–Crippen MR) is 72.4 cm³/mol. The molecule has 20 heavy (non-hydrogen) atoms. The Kier molecular flexibility index (Phi) is 5.08. The predicted octanol–water partition coefficient (Wildman–Crippen LogP) is 0.785. The highest BCUT2D eigenvalue weighted by Crippen LogP contribution is 2.21. The van der Waals surface area contributed by atoms with E-state index in [-0.39, 0.29) is 12.5 Å². The maximum Gasteiger partial charge on any atom is 0.303 e. The van der Waals surface area contributed by atoms with Gasteiger partial charge in [-0.3, -0.25) is 9.69 Å². The zero-order valence-electron chi connectivity index (χ0n) is 12.1. The van der Waals surface area contributed by atoms with Crippen LogP contribution in [0.3, 0.4) is 0 Å². The van der Waals surface area contributed by atoms with E-state index in [4.69, 9.17) is 9.63 Å². The van der Waals surface area contributed by atoms with E-state index >= 15 is 0 Å². The Labute approximate surface area is 118 Å². The average molecular weight is 282 g/mol. The van der Waals surface area contributed by atoms with Gasteiger partial charge in [0.1, 0.15) is 0 Å². The number of rotatable bonds is 5. The third kappa shape index (κ3) is 4.01. The van der Waals surface area contributed by atoms with Gasteiger partial charge in [0.2, 0.25) is 5.89 Å². The van der Waals surface area contributed by atoms with Crippen molar-refractivity contribution in [1.82, 2.24) is 19.9 Å². The van der Waals surface area contributed by atoms with Crippen LogP contribution in [0.5, 0.6) is 0 Å². The van der Waals surface area contributed by atoms with Crippen molar-refractivity contribution in [3.8, 4) is 0 Å². The molecule has 1 atom stereocenters. The summed E-state index contributed by atoms with van der Waals surface area (Å²) in [5.41, 5.74) is 0. The molecule has 1 aliphatic heterocycles. The highest BCUT2D eigenvalue weighted by atomic mass is 16.5. The quantitative estimate of drug-likeness (QED) is 0.854. The second-order valence-corrected chi connectivity index (χ2v) is 5.41. The summed E-state index contributed by atoms with van der Waals surface area (Å²) < 4.78 is 5.22. The third-order valence-corrected chi connectivity index (χ3v) is 3.63. The Morgan fingerprint density at radius 3 is 3.00 bits per heavy atom. The fourth-order valence-electron chi connectivity index (χ4n) is 2.45. The van der Waals surface area contributed by atoms with Crippen LogP contribution in [-0.4, -0.2) is 64.7 Å². The van der Waals surface area contributed by atoms with Crippen LogP contribution in [0.1, 0.15) is 37.0 Å². The van der Waals surface area contributed by atoms with Gasteiger partial charge in [0.15, 0.2) is 5.82 Å². The van der Waals surface area contributed by atoms with Crippen molar-refractivity contribution < 1.29 is 14.4 Å². The molecule has 0 aliphatic carbocycles. The number of aryl methyl sites for hydroxylation is 1. The Hall–Kier alpha value is -1.47. The van der Waals surface area contributed by atoms with Gasteiger partial charge in [-0.15, -0.1) is 0 Å². The first-order chi connectivity index (χ1) is 9.56. The Morgan fingerprint density at radius 1 is 1.45 bits per heavy atom. The molecule has 7 nitrogen and oxygen atoms in total. The lowest BCUT2D eigenvalue weighted by Gasteiger charge is -2.24. The van der Waals surface area contributed by atoms with Gasteiger partial charge in [0.25, 0.3) is 0 Å². The Balaban J connectivity index is 1.97. The lowest BCUT2D eigenvalue weighted by atomic mass is 10.2. The van der Waals surface area contributed by atoms with E-state index < -0.39 is 5.97 Å². The Morgan fingerprint density at radius 2 is 2.25 bits per heavy atom. The molecule has 1 aromatic heterocycles. The number of carbonyl (C=O) groups is 1. The first kappa shape index (κ1) is 14.9. The topological polar surface area (TPSA) is 82.7 Å². The average Bonchev–Trinajstić information content (AvgIpc) is 2.77. The maximum absolute atomic E-state index is 10.5. The van der Waals surface area contributed by atoms with Crippen molar-refractivity contribution in [1.29, 1.82) is 0 Å². The molecule has 0 aromatic carbocycles. The van der Waals surface area contributed by atoms with Crippen molar-refractivity contribution in [2.45, 2.75) is 31.7 Å². The summed E-state index contributed by atoms with van der Waals surface area (Å²) in [7, 11) is 4.17. The minimum atomic E-state index is -0.796. The maximum atomic E-state index is 10.5. The van der Waals surface area contributed by atoms with Crippen LogP contribution in [0, 0.1) is 0 Å². The van der Waals surface area contributed by atoms with Crippen LogP contribution < -0.4 is 0 Å². The zero-order chi connectivity index (χ0) is 14.5. The summed E-state index contributed by atoms with van der Waals surface area (Å²) in [5, 5.41) is 12.7. The molecular formula is C13H22N4O3. The molecule has 0 spiro atoms. The largest absolute Gasteiger partial charge is 0.481 e. The molecule has 1 fully saturated rings. The monoisotopic (exact) mass is 282 g/mol. The summed E-state index contributed by atoms with van der Waals surface area (Å²) >= 11 is 0. The number of likely N-dealkylation sites (N-methyl/N-ethyl adjacent to an activating group) is 2. The second-order valence-electron chi connectivity index (χ2n) is 5.41. The lowest BCUT2D eigenvalue weighted by Crippen LogP contribution is -2.31. The lowest BCUT2D eigenvalue weighted by molar-refractivity contribution is -0.137. The third-order valence-electron chi connectivity index (χ3n) is 3.63. The van der Waals surface area contributed by atoms with Gasteiger partial charge >= 0.3 is 5.97 Å². The van der Waals surface area contributed by atoms with E-state index in [1.807, 2.05) is 0 Å². The molecule has 1 aliphatic rings. The molecule has 1 unspecified atom stereocenters. The number of carboxylic acids is 1. The van der Waals surface area contributed by atoms with E-state index in [1.165, 1.54) is 0 Å². The number of aromatic nitrogens is 2. The van der Waals surface area contributed by atoms with E-state index in [1.54, 1.807) is 0 Å². The van der Waals surface area contributed by atoms with E-state index in [2.05, 4.69) is 34.0 Å².